The van der Waals surface area contributed by atoms with Gasteiger partial charge in [-0.2, -0.15) is 4.98 Å². The Morgan fingerprint density at radius 2 is 2.00 bits per heavy atom. The summed E-state index contributed by atoms with van der Waals surface area (Å²) in [6.45, 7) is 8.08. The number of aliphatic hydroxyl groups excluding tert-OH is 1. The van der Waals surface area contributed by atoms with Gasteiger partial charge < -0.3 is 14.4 Å². The van der Waals surface area contributed by atoms with Gasteiger partial charge in [0.1, 0.15) is 12.7 Å². The molecule has 0 aliphatic carbocycles. The Morgan fingerprint density at radius 3 is 2.66 bits per heavy atom. The molecule has 1 aromatic carbocycles. The van der Waals surface area contributed by atoms with E-state index >= 15 is 0 Å². The number of nitrogens with zero attached hydrogens (tertiary/aromatic N) is 3. The van der Waals surface area contributed by atoms with Gasteiger partial charge in [-0.3, -0.25) is 9.69 Å². The van der Waals surface area contributed by atoms with Crippen molar-refractivity contribution in [2.45, 2.75) is 46.1 Å². The fourth-order valence-corrected chi connectivity index (χ4v) is 3.18. The lowest BCUT2D eigenvalue weighted by atomic mass is 10.2. The zero-order valence-corrected chi connectivity index (χ0v) is 18.9. The highest BCUT2D eigenvalue weighted by Gasteiger charge is 2.17. The Labute approximate surface area is 180 Å². The molecule has 1 heterocycles. The van der Waals surface area contributed by atoms with E-state index in [4.69, 9.17) is 9.26 Å². The summed E-state index contributed by atoms with van der Waals surface area (Å²) in [5.41, 5.74) is 0.895. The van der Waals surface area contributed by atoms with Crippen LogP contribution in [0.15, 0.2) is 33.3 Å². The van der Waals surface area contributed by atoms with Gasteiger partial charge in [0.25, 0.3) is 0 Å². The van der Waals surface area contributed by atoms with Crippen molar-refractivity contribution in [2.75, 3.05) is 26.2 Å². The van der Waals surface area contributed by atoms with E-state index in [0.29, 0.717) is 43.6 Å². The summed E-state index contributed by atoms with van der Waals surface area (Å²) in [5, 5.41) is 14.3. The molecule has 1 atom stereocenters. The third-order valence-electron chi connectivity index (χ3n) is 4.20. The molecule has 7 nitrogen and oxygen atoms in total. The van der Waals surface area contributed by atoms with E-state index in [1.54, 1.807) is 0 Å². The van der Waals surface area contributed by atoms with E-state index in [1.165, 1.54) is 0 Å². The first-order valence-electron chi connectivity index (χ1n) is 10.0. The largest absolute Gasteiger partial charge is 0.463 e. The van der Waals surface area contributed by atoms with E-state index in [2.05, 4.69) is 44.8 Å². The SMILES string of the molecule is CCCC(=O)OC[C@H](O)CN(CCc1nc(-c2ccc(Br)cc2)no1)CC(C)C. The molecule has 0 saturated heterocycles. The molecular formula is C21H30BrN3O4. The summed E-state index contributed by atoms with van der Waals surface area (Å²) in [6, 6.07) is 7.73. The van der Waals surface area contributed by atoms with Crippen molar-refractivity contribution in [2.24, 2.45) is 5.92 Å². The number of ether oxygens (including phenoxy) is 1. The summed E-state index contributed by atoms with van der Waals surface area (Å²) in [7, 11) is 0. The van der Waals surface area contributed by atoms with Crippen LogP contribution in [0.25, 0.3) is 11.4 Å². The van der Waals surface area contributed by atoms with Gasteiger partial charge in [-0.25, -0.2) is 0 Å². The van der Waals surface area contributed by atoms with Crippen molar-refractivity contribution in [1.82, 2.24) is 15.0 Å². The van der Waals surface area contributed by atoms with E-state index in [-0.39, 0.29) is 12.6 Å². The second-order valence-electron chi connectivity index (χ2n) is 7.51. The predicted octanol–water partition coefficient (Wildman–Crippen LogP) is 3.70. The van der Waals surface area contributed by atoms with Crippen LogP contribution in [0, 0.1) is 5.92 Å². The van der Waals surface area contributed by atoms with Gasteiger partial charge in [0.15, 0.2) is 0 Å². The monoisotopic (exact) mass is 467 g/mol. The molecule has 0 aliphatic rings. The number of halogens is 1. The van der Waals surface area contributed by atoms with Gasteiger partial charge in [-0.1, -0.05) is 41.9 Å². The van der Waals surface area contributed by atoms with Gasteiger partial charge in [-0.05, 0) is 36.6 Å². The minimum atomic E-state index is -0.726. The highest BCUT2D eigenvalue weighted by molar-refractivity contribution is 9.10. The minimum absolute atomic E-state index is 0.0156. The lowest BCUT2D eigenvalue weighted by Crippen LogP contribution is -2.38. The highest BCUT2D eigenvalue weighted by atomic mass is 79.9. The van der Waals surface area contributed by atoms with E-state index < -0.39 is 6.10 Å². The molecule has 0 bridgehead atoms. The first-order chi connectivity index (χ1) is 13.9. The Kier molecular flexibility index (Phi) is 9.76. The molecule has 8 heteroatoms. The maximum atomic E-state index is 11.5. The number of esters is 1. The van der Waals surface area contributed by atoms with Gasteiger partial charge in [0, 0.05) is 42.5 Å². The molecule has 2 rings (SSSR count). The summed E-state index contributed by atoms with van der Waals surface area (Å²) < 4.78 is 11.5. The van der Waals surface area contributed by atoms with E-state index in [9.17, 15) is 9.90 Å². The summed E-state index contributed by atoms with van der Waals surface area (Å²) in [6.07, 6.45) is 0.968. The van der Waals surface area contributed by atoms with Crippen LogP contribution in [-0.2, 0) is 16.0 Å². The molecular weight excluding hydrogens is 438 g/mol. The Morgan fingerprint density at radius 1 is 1.28 bits per heavy atom. The standard InChI is InChI=1S/C21H30BrN3O4/c1-4-5-20(27)28-14-18(26)13-25(12-15(2)3)11-10-19-23-21(24-29-19)16-6-8-17(22)9-7-16/h6-9,15,18,26H,4-5,10-14H2,1-3H3/t18-/m1/s1. The van der Waals surface area contributed by atoms with Gasteiger partial charge in [-0.15, -0.1) is 0 Å². The zero-order chi connectivity index (χ0) is 21.2. The van der Waals surface area contributed by atoms with Crippen molar-refractivity contribution in [1.29, 1.82) is 0 Å². The second-order valence-corrected chi connectivity index (χ2v) is 8.42. The van der Waals surface area contributed by atoms with E-state index in [0.717, 1.165) is 23.0 Å². The number of rotatable bonds is 12. The average Bonchev–Trinajstić information content (AvgIpc) is 3.14. The van der Waals surface area contributed by atoms with Crippen molar-refractivity contribution in [3.8, 4) is 11.4 Å². The number of aromatic nitrogens is 2. The maximum absolute atomic E-state index is 11.5. The lowest BCUT2D eigenvalue weighted by Gasteiger charge is -2.26. The fraction of sp³-hybridized carbons (Fsp3) is 0.571. The van der Waals surface area contributed by atoms with Crippen LogP contribution in [0.2, 0.25) is 0 Å². The molecule has 0 aliphatic heterocycles. The van der Waals surface area contributed by atoms with Gasteiger partial charge in [0.05, 0.1) is 0 Å². The van der Waals surface area contributed by atoms with Crippen molar-refractivity contribution >= 4 is 21.9 Å². The molecule has 160 valence electrons. The second kappa shape index (κ2) is 12.0. The molecule has 1 aromatic heterocycles. The highest BCUT2D eigenvalue weighted by Crippen LogP contribution is 2.19. The van der Waals surface area contributed by atoms with Crippen LogP contribution < -0.4 is 0 Å². The van der Waals surface area contributed by atoms with Crippen LogP contribution in [0.1, 0.15) is 39.5 Å². The third-order valence-corrected chi connectivity index (χ3v) is 4.72. The fourth-order valence-electron chi connectivity index (χ4n) is 2.92. The normalized spacial score (nSPS) is 12.5. The smallest absolute Gasteiger partial charge is 0.305 e. The zero-order valence-electron chi connectivity index (χ0n) is 17.3. The number of carbonyl (C=O) groups is 1. The molecule has 29 heavy (non-hydrogen) atoms. The summed E-state index contributed by atoms with van der Waals surface area (Å²) >= 11 is 3.41. The van der Waals surface area contributed by atoms with Crippen LogP contribution >= 0.6 is 15.9 Å². The molecule has 0 amide bonds. The van der Waals surface area contributed by atoms with Gasteiger partial charge in [0.2, 0.25) is 11.7 Å². The van der Waals surface area contributed by atoms with Crippen LogP contribution in [0.3, 0.4) is 0 Å². The van der Waals surface area contributed by atoms with Gasteiger partial charge >= 0.3 is 5.97 Å². The molecule has 0 fully saturated rings. The summed E-state index contributed by atoms with van der Waals surface area (Å²) in [4.78, 5) is 18.1. The number of hydrogen-bond donors (Lipinski definition) is 1. The predicted molar refractivity (Wildman–Crippen MR) is 114 cm³/mol. The summed E-state index contributed by atoms with van der Waals surface area (Å²) in [5.74, 6) is 1.28. The maximum Gasteiger partial charge on any atom is 0.305 e. The topological polar surface area (TPSA) is 88.7 Å². The van der Waals surface area contributed by atoms with Crippen LogP contribution in [0.5, 0.6) is 0 Å². The number of hydrogen-bond acceptors (Lipinski definition) is 7. The van der Waals surface area contributed by atoms with Crippen LogP contribution in [-0.4, -0.2) is 58.5 Å². The molecule has 0 spiro atoms. The van der Waals surface area contributed by atoms with Crippen molar-refractivity contribution in [3.63, 3.8) is 0 Å². The number of benzene rings is 1. The third kappa shape index (κ3) is 8.64. The Hall–Kier alpha value is -1.77. The molecule has 0 saturated carbocycles. The Balaban J connectivity index is 1.88. The van der Waals surface area contributed by atoms with Crippen molar-refractivity contribution in [3.05, 3.63) is 34.6 Å². The average molecular weight is 468 g/mol. The Bertz CT molecular complexity index is 749. The molecule has 2 aromatic rings. The quantitative estimate of drug-likeness (QED) is 0.475. The lowest BCUT2D eigenvalue weighted by molar-refractivity contribution is -0.147. The van der Waals surface area contributed by atoms with Crippen LogP contribution in [0.4, 0.5) is 0 Å². The van der Waals surface area contributed by atoms with Crippen molar-refractivity contribution < 1.29 is 19.2 Å². The number of carbonyl (C=O) groups excluding carboxylic acids is 1. The number of aliphatic hydroxyl groups is 1. The van der Waals surface area contributed by atoms with E-state index in [1.807, 2.05) is 31.2 Å². The minimum Gasteiger partial charge on any atom is -0.463 e. The first-order valence-corrected chi connectivity index (χ1v) is 10.8. The molecule has 1 N–H and O–H groups in total. The molecule has 0 radical (unpaired) electrons. The molecule has 0 unspecified atom stereocenters. The first kappa shape index (κ1) is 23.5.